The van der Waals surface area contributed by atoms with Crippen LogP contribution in [0.3, 0.4) is 0 Å². The first-order valence-electron chi connectivity index (χ1n) is 10.2. The zero-order chi connectivity index (χ0) is 21.2. The monoisotopic (exact) mass is 413 g/mol. The number of carbonyl (C=O) groups excluding carboxylic acids is 1. The van der Waals surface area contributed by atoms with Crippen LogP contribution in [0.1, 0.15) is 57.7 Å². The molecule has 4 nitrogen and oxygen atoms in total. The van der Waals surface area contributed by atoms with E-state index in [4.69, 9.17) is 11.6 Å². The maximum atomic E-state index is 13.3. The molecule has 2 aromatic carbocycles. The van der Waals surface area contributed by atoms with E-state index in [1.807, 2.05) is 49.4 Å². The normalized spacial score (nSPS) is 19.5. The average molecular weight is 414 g/mol. The summed E-state index contributed by atoms with van der Waals surface area (Å²) in [5, 5.41) is 11.0. The van der Waals surface area contributed by atoms with Crippen molar-refractivity contribution in [2.24, 2.45) is 0 Å². The summed E-state index contributed by atoms with van der Waals surface area (Å²) in [5.74, 6) is -0.0785. The number of hydrogen-bond acceptors (Lipinski definition) is 3. The van der Waals surface area contributed by atoms with Crippen LogP contribution in [0.5, 0.6) is 0 Å². The van der Waals surface area contributed by atoms with Gasteiger partial charge in [0.15, 0.2) is 0 Å². The molecule has 5 heteroatoms. The van der Waals surface area contributed by atoms with Gasteiger partial charge in [-0.2, -0.15) is 0 Å². The topological polar surface area (TPSA) is 53.2 Å². The van der Waals surface area contributed by atoms with Crippen LogP contribution in [0.2, 0.25) is 5.02 Å². The standard InChI is InChI=1S/C24H32ClN3O/c1-16-11-12-18(13-20(16)25)27-22(29)21(17-9-7-6-8-10-17)26-19-14-23(2,3)28-24(4,5)15-19/h6-13,19,21,26,28H,14-15H2,1-5H3,(H,27,29)/t21-/m1/s1. The van der Waals surface area contributed by atoms with E-state index in [9.17, 15) is 4.79 Å². The zero-order valence-corrected chi connectivity index (χ0v) is 18.7. The van der Waals surface area contributed by atoms with Crippen molar-refractivity contribution in [1.29, 1.82) is 0 Å². The Kier molecular flexibility index (Phi) is 6.37. The van der Waals surface area contributed by atoms with Gasteiger partial charge in [0.2, 0.25) is 5.91 Å². The van der Waals surface area contributed by atoms with E-state index in [2.05, 4.69) is 43.6 Å². The fourth-order valence-electron chi connectivity index (χ4n) is 4.53. The van der Waals surface area contributed by atoms with Crippen molar-refractivity contribution >= 4 is 23.2 Å². The van der Waals surface area contributed by atoms with Crippen LogP contribution < -0.4 is 16.0 Å². The van der Waals surface area contributed by atoms with Crippen molar-refractivity contribution < 1.29 is 4.79 Å². The van der Waals surface area contributed by atoms with E-state index in [0.717, 1.165) is 24.0 Å². The third-order valence-electron chi connectivity index (χ3n) is 5.43. The summed E-state index contributed by atoms with van der Waals surface area (Å²) in [4.78, 5) is 13.3. The van der Waals surface area contributed by atoms with Crippen LogP contribution in [-0.2, 0) is 4.79 Å². The molecule has 0 unspecified atom stereocenters. The summed E-state index contributed by atoms with van der Waals surface area (Å²) in [6, 6.07) is 15.3. The van der Waals surface area contributed by atoms with Gasteiger partial charge in [0.05, 0.1) is 0 Å². The number of nitrogens with one attached hydrogen (secondary N) is 3. The molecule has 156 valence electrons. The number of amides is 1. The van der Waals surface area contributed by atoms with Gasteiger partial charge in [-0.25, -0.2) is 0 Å². The van der Waals surface area contributed by atoms with Crippen LogP contribution >= 0.6 is 11.6 Å². The van der Waals surface area contributed by atoms with E-state index in [1.165, 1.54) is 0 Å². The summed E-state index contributed by atoms with van der Waals surface area (Å²) in [6.45, 7) is 10.8. The molecule has 3 rings (SSSR count). The van der Waals surface area contributed by atoms with Crippen LogP contribution in [0.15, 0.2) is 48.5 Å². The van der Waals surface area contributed by atoms with Gasteiger partial charge in [-0.3, -0.25) is 10.1 Å². The lowest BCUT2D eigenvalue weighted by Crippen LogP contribution is -2.62. The molecular weight excluding hydrogens is 382 g/mol. The maximum absolute atomic E-state index is 13.3. The average Bonchev–Trinajstić information content (AvgIpc) is 2.61. The molecule has 1 amide bonds. The molecule has 1 aliphatic heterocycles. The molecule has 0 saturated carbocycles. The number of hydrogen-bond donors (Lipinski definition) is 3. The first-order chi connectivity index (χ1) is 13.5. The van der Waals surface area contributed by atoms with Crippen LogP contribution in [0, 0.1) is 6.92 Å². The molecule has 0 bridgehead atoms. The van der Waals surface area contributed by atoms with Gasteiger partial charge < -0.3 is 10.6 Å². The largest absolute Gasteiger partial charge is 0.324 e. The Bertz CT molecular complexity index is 848. The Morgan fingerprint density at radius 2 is 1.69 bits per heavy atom. The summed E-state index contributed by atoms with van der Waals surface area (Å²) < 4.78 is 0. The summed E-state index contributed by atoms with van der Waals surface area (Å²) in [5.41, 5.74) is 2.65. The van der Waals surface area contributed by atoms with Crippen LogP contribution in [0.4, 0.5) is 5.69 Å². The minimum absolute atomic E-state index is 0.00160. The molecule has 2 aromatic rings. The van der Waals surface area contributed by atoms with Crippen molar-refractivity contribution in [1.82, 2.24) is 10.6 Å². The second-order valence-electron chi connectivity index (χ2n) is 9.46. The van der Waals surface area contributed by atoms with Gasteiger partial charge in [-0.15, -0.1) is 0 Å². The molecule has 29 heavy (non-hydrogen) atoms. The molecule has 1 aliphatic rings. The molecular formula is C24H32ClN3O. The van der Waals surface area contributed by atoms with Crippen molar-refractivity contribution in [2.75, 3.05) is 5.32 Å². The predicted octanol–water partition coefficient (Wildman–Crippen LogP) is 5.23. The zero-order valence-electron chi connectivity index (χ0n) is 18.0. The molecule has 0 aromatic heterocycles. The molecule has 1 heterocycles. The van der Waals surface area contributed by atoms with Gasteiger partial charge in [0, 0.05) is 27.8 Å². The Morgan fingerprint density at radius 3 is 2.28 bits per heavy atom. The number of piperidine rings is 1. The molecule has 1 fully saturated rings. The lowest BCUT2D eigenvalue weighted by molar-refractivity contribution is -0.118. The van der Waals surface area contributed by atoms with E-state index < -0.39 is 6.04 Å². The minimum atomic E-state index is -0.439. The van der Waals surface area contributed by atoms with Gasteiger partial charge in [-0.1, -0.05) is 48.0 Å². The fourth-order valence-corrected chi connectivity index (χ4v) is 4.71. The van der Waals surface area contributed by atoms with Gasteiger partial charge in [-0.05, 0) is 70.7 Å². The number of halogens is 1. The summed E-state index contributed by atoms with van der Waals surface area (Å²) in [6.07, 6.45) is 1.90. The van der Waals surface area contributed by atoms with Crippen molar-refractivity contribution in [2.45, 2.75) is 70.6 Å². The SMILES string of the molecule is Cc1ccc(NC(=O)[C@H](NC2CC(C)(C)NC(C)(C)C2)c2ccccc2)cc1Cl. The van der Waals surface area contributed by atoms with Gasteiger partial charge >= 0.3 is 0 Å². The predicted molar refractivity (Wildman–Crippen MR) is 121 cm³/mol. The van der Waals surface area contributed by atoms with E-state index >= 15 is 0 Å². The smallest absolute Gasteiger partial charge is 0.246 e. The molecule has 1 saturated heterocycles. The van der Waals surface area contributed by atoms with Crippen LogP contribution in [0.25, 0.3) is 0 Å². The minimum Gasteiger partial charge on any atom is -0.324 e. The first kappa shape index (κ1) is 21.8. The summed E-state index contributed by atoms with van der Waals surface area (Å²) >= 11 is 6.24. The quantitative estimate of drug-likeness (QED) is 0.629. The van der Waals surface area contributed by atoms with E-state index in [1.54, 1.807) is 6.07 Å². The second kappa shape index (κ2) is 8.47. The molecule has 0 aliphatic carbocycles. The molecule has 0 radical (unpaired) electrons. The lowest BCUT2D eigenvalue weighted by atomic mass is 9.79. The van der Waals surface area contributed by atoms with E-state index in [-0.39, 0.29) is 23.0 Å². The number of rotatable bonds is 5. The van der Waals surface area contributed by atoms with Crippen LogP contribution in [-0.4, -0.2) is 23.0 Å². The highest BCUT2D eigenvalue weighted by atomic mass is 35.5. The van der Waals surface area contributed by atoms with Crippen molar-refractivity contribution in [3.05, 3.63) is 64.7 Å². The van der Waals surface area contributed by atoms with Crippen molar-refractivity contribution in [3.63, 3.8) is 0 Å². The van der Waals surface area contributed by atoms with Gasteiger partial charge in [0.25, 0.3) is 0 Å². The third kappa shape index (κ3) is 5.81. The third-order valence-corrected chi connectivity index (χ3v) is 5.83. The fraction of sp³-hybridized carbons (Fsp3) is 0.458. The van der Waals surface area contributed by atoms with Crippen molar-refractivity contribution in [3.8, 4) is 0 Å². The second-order valence-corrected chi connectivity index (χ2v) is 9.87. The van der Waals surface area contributed by atoms with E-state index in [0.29, 0.717) is 10.7 Å². The lowest BCUT2D eigenvalue weighted by Gasteiger charge is -2.47. The molecule has 3 N–H and O–H groups in total. The Morgan fingerprint density at radius 1 is 1.07 bits per heavy atom. The summed E-state index contributed by atoms with van der Waals surface area (Å²) in [7, 11) is 0. The highest BCUT2D eigenvalue weighted by Gasteiger charge is 2.39. The number of carbonyl (C=O) groups is 1. The van der Waals surface area contributed by atoms with Gasteiger partial charge in [0.1, 0.15) is 6.04 Å². The first-order valence-corrected chi connectivity index (χ1v) is 10.6. The maximum Gasteiger partial charge on any atom is 0.246 e. The Balaban J connectivity index is 1.83. The number of aryl methyl sites for hydroxylation is 1. The highest BCUT2D eigenvalue weighted by molar-refractivity contribution is 6.31. The highest BCUT2D eigenvalue weighted by Crippen LogP contribution is 2.30. The Labute approximate surface area is 179 Å². The number of anilines is 1. The Hall–Kier alpha value is -1.88. The molecule has 0 spiro atoms. The number of benzene rings is 2. The molecule has 1 atom stereocenters.